The number of piperidine rings is 1. The van der Waals surface area contributed by atoms with Crippen molar-refractivity contribution in [2.24, 2.45) is 17.8 Å². The van der Waals surface area contributed by atoms with E-state index in [-0.39, 0.29) is 29.6 Å². The first-order valence-corrected chi connectivity index (χ1v) is 10.1. The molecule has 0 radical (unpaired) electrons. The van der Waals surface area contributed by atoms with Crippen LogP contribution in [0, 0.1) is 17.8 Å². The predicted octanol–water partition coefficient (Wildman–Crippen LogP) is 1.92. The van der Waals surface area contributed by atoms with Gasteiger partial charge in [0, 0.05) is 31.3 Å². The molecule has 2 N–H and O–H groups in total. The summed E-state index contributed by atoms with van der Waals surface area (Å²) in [6.45, 7) is 1.20. The highest BCUT2D eigenvalue weighted by Gasteiger charge is 2.57. The molecule has 0 aromatic heterocycles. The summed E-state index contributed by atoms with van der Waals surface area (Å²) >= 11 is 0. The van der Waals surface area contributed by atoms with Gasteiger partial charge in [-0.15, -0.1) is 0 Å². The van der Waals surface area contributed by atoms with E-state index in [4.69, 9.17) is 4.74 Å². The number of hydrogen-bond donors (Lipinski definition) is 2. The molecule has 1 saturated heterocycles. The van der Waals surface area contributed by atoms with Crippen LogP contribution in [-0.2, 0) is 4.79 Å². The molecule has 4 fully saturated rings. The lowest BCUT2D eigenvalue weighted by atomic mass is 9.59. The van der Waals surface area contributed by atoms with Crippen molar-refractivity contribution in [2.45, 2.75) is 50.4 Å². The fourth-order valence-electron chi connectivity index (χ4n) is 5.65. The molecule has 3 saturated carbocycles. The van der Waals surface area contributed by atoms with E-state index in [1.54, 1.807) is 6.07 Å². The second-order valence-electron chi connectivity index (χ2n) is 8.60. The van der Waals surface area contributed by atoms with Crippen LogP contribution >= 0.6 is 0 Å². The standard InChI is InChI=1S/C21H26N2O4/c24-15-4-3-9-23(12-15)20(26)17-10-14-8-7-13(17)11-21(14)22-19(25)16-5-1-2-6-18(16)27-21/h1-2,5-6,13-15,17,24H,3-4,7-12H2,(H,22,25)/t13-,14+,15-,17-,21-/m0/s1. The minimum atomic E-state index is -0.674. The molecular weight excluding hydrogens is 344 g/mol. The third-order valence-corrected chi connectivity index (χ3v) is 6.99. The summed E-state index contributed by atoms with van der Waals surface area (Å²) in [5.74, 6) is 1.09. The van der Waals surface area contributed by atoms with Gasteiger partial charge in [0.15, 0.2) is 5.72 Å². The number of carbonyl (C=O) groups is 2. The summed E-state index contributed by atoms with van der Waals surface area (Å²) in [4.78, 5) is 27.6. The zero-order valence-electron chi connectivity index (χ0n) is 15.4. The average molecular weight is 370 g/mol. The first kappa shape index (κ1) is 17.0. The normalized spacial score (nSPS) is 37.5. The van der Waals surface area contributed by atoms with Crippen molar-refractivity contribution >= 4 is 11.8 Å². The maximum atomic E-state index is 13.1. The second-order valence-corrected chi connectivity index (χ2v) is 8.60. The summed E-state index contributed by atoms with van der Waals surface area (Å²) < 4.78 is 6.36. The molecule has 1 aromatic carbocycles. The van der Waals surface area contributed by atoms with Crippen molar-refractivity contribution in [3.8, 4) is 5.75 Å². The summed E-state index contributed by atoms with van der Waals surface area (Å²) in [6, 6.07) is 7.37. The van der Waals surface area contributed by atoms with Gasteiger partial charge in [-0.1, -0.05) is 12.1 Å². The van der Waals surface area contributed by atoms with Crippen molar-refractivity contribution in [3.05, 3.63) is 29.8 Å². The minimum Gasteiger partial charge on any atom is -0.467 e. The second kappa shape index (κ2) is 6.23. The van der Waals surface area contributed by atoms with E-state index in [1.165, 1.54) is 0 Å². The number of carbonyl (C=O) groups excluding carboxylic acids is 2. The molecule has 3 aliphatic carbocycles. The first-order valence-electron chi connectivity index (χ1n) is 10.1. The lowest BCUT2D eigenvalue weighted by Crippen LogP contribution is -2.67. The van der Waals surface area contributed by atoms with Crippen LogP contribution in [0.25, 0.3) is 0 Å². The highest BCUT2D eigenvalue weighted by molar-refractivity contribution is 5.98. The van der Waals surface area contributed by atoms with E-state index in [0.29, 0.717) is 24.3 Å². The topological polar surface area (TPSA) is 78.9 Å². The number of amides is 2. The number of nitrogens with one attached hydrogen (secondary N) is 1. The Kier molecular flexibility index (Phi) is 3.93. The molecule has 6 rings (SSSR count). The quantitative estimate of drug-likeness (QED) is 0.792. The number of β-amino-alcohol motifs (C(OH)–C–C–N with tert-alkyl or cyclic N) is 1. The van der Waals surface area contributed by atoms with Gasteiger partial charge in [-0.25, -0.2) is 0 Å². The molecule has 2 aliphatic heterocycles. The maximum Gasteiger partial charge on any atom is 0.258 e. The fraction of sp³-hybridized carbons (Fsp3) is 0.619. The number of benzene rings is 1. The monoisotopic (exact) mass is 370 g/mol. The van der Waals surface area contributed by atoms with E-state index in [9.17, 15) is 14.7 Å². The molecule has 1 spiro atoms. The summed E-state index contributed by atoms with van der Waals surface area (Å²) in [5, 5.41) is 13.1. The number of likely N-dealkylation sites (tertiary alicyclic amines) is 1. The highest BCUT2D eigenvalue weighted by Crippen LogP contribution is 2.52. The maximum absolute atomic E-state index is 13.1. The Balaban J connectivity index is 1.36. The lowest BCUT2D eigenvalue weighted by molar-refractivity contribution is -0.157. The van der Waals surface area contributed by atoms with Gasteiger partial charge in [0.25, 0.3) is 5.91 Å². The van der Waals surface area contributed by atoms with E-state index >= 15 is 0 Å². The Morgan fingerprint density at radius 1 is 1.26 bits per heavy atom. The van der Waals surface area contributed by atoms with Gasteiger partial charge in [0.2, 0.25) is 5.91 Å². The molecule has 2 amide bonds. The van der Waals surface area contributed by atoms with Crippen molar-refractivity contribution in [1.82, 2.24) is 10.2 Å². The number of aliphatic hydroxyl groups is 1. The van der Waals surface area contributed by atoms with Crippen LogP contribution in [0.5, 0.6) is 5.75 Å². The molecule has 2 heterocycles. The Bertz CT molecular complexity index is 781. The van der Waals surface area contributed by atoms with Crippen LogP contribution in [-0.4, -0.2) is 46.7 Å². The molecule has 1 aromatic rings. The Morgan fingerprint density at radius 3 is 2.89 bits per heavy atom. The van der Waals surface area contributed by atoms with Gasteiger partial charge in [-0.05, 0) is 50.2 Å². The molecule has 144 valence electrons. The molecule has 6 heteroatoms. The summed E-state index contributed by atoms with van der Waals surface area (Å²) in [5.41, 5.74) is -0.0912. The number of ether oxygens (including phenoxy) is 1. The molecule has 0 unspecified atom stereocenters. The SMILES string of the molecule is O=C1N[C@@]2(C[C@@H]3CC[C@@H]2C[C@@H]3C(=O)N2CCC[C@H](O)C2)Oc2ccccc21. The number of rotatable bonds is 1. The van der Waals surface area contributed by atoms with Gasteiger partial charge in [-0.2, -0.15) is 0 Å². The fourth-order valence-corrected chi connectivity index (χ4v) is 5.65. The highest BCUT2D eigenvalue weighted by atomic mass is 16.5. The van der Waals surface area contributed by atoms with Crippen LogP contribution in [0.2, 0.25) is 0 Å². The molecule has 6 nitrogen and oxygen atoms in total. The molecule has 5 aliphatic rings. The number of aliphatic hydroxyl groups excluding tert-OH is 1. The van der Waals surface area contributed by atoms with Crippen molar-refractivity contribution in [2.75, 3.05) is 13.1 Å². The Hall–Kier alpha value is -2.08. The van der Waals surface area contributed by atoms with E-state index in [2.05, 4.69) is 5.32 Å². The summed E-state index contributed by atoms with van der Waals surface area (Å²) in [7, 11) is 0. The number of nitrogens with zero attached hydrogens (tertiary/aromatic N) is 1. The van der Waals surface area contributed by atoms with Crippen LogP contribution < -0.4 is 10.1 Å². The van der Waals surface area contributed by atoms with Crippen LogP contribution in [0.4, 0.5) is 0 Å². The van der Waals surface area contributed by atoms with Crippen LogP contribution in [0.3, 0.4) is 0 Å². The zero-order valence-corrected chi connectivity index (χ0v) is 15.4. The Labute approximate surface area is 158 Å². The number of hydrogen-bond acceptors (Lipinski definition) is 4. The third kappa shape index (κ3) is 2.73. The molecule has 2 bridgehead atoms. The van der Waals surface area contributed by atoms with Gasteiger partial charge < -0.3 is 20.1 Å². The largest absolute Gasteiger partial charge is 0.467 e. The van der Waals surface area contributed by atoms with E-state index in [1.807, 2.05) is 23.1 Å². The number of para-hydroxylation sites is 1. The molecule has 5 atom stereocenters. The van der Waals surface area contributed by atoms with Gasteiger partial charge >= 0.3 is 0 Å². The summed E-state index contributed by atoms with van der Waals surface area (Å²) in [6.07, 6.45) is 4.66. The predicted molar refractivity (Wildman–Crippen MR) is 98.0 cm³/mol. The number of fused-ring (bicyclic) bond motifs is 3. The molecule has 27 heavy (non-hydrogen) atoms. The van der Waals surface area contributed by atoms with Gasteiger partial charge in [0.1, 0.15) is 5.75 Å². The lowest BCUT2D eigenvalue weighted by Gasteiger charge is -2.55. The van der Waals surface area contributed by atoms with E-state index < -0.39 is 11.8 Å². The zero-order chi connectivity index (χ0) is 18.6. The van der Waals surface area contributed by atoms with Gasteiger partial charge in [-0.3, -0.25) is 9.59 Å². The average Bonchev–Trinajstić information content (AvgIpc) is 2.68. The first-order chi connectivity index (χ1) is 13.1. The van der Waals surface area contributed by atoms with Crippen molar-refractivity contribution in [3.63, 3.8) is 0 Å². The molecular formula is C21H26N2O4. The Morgan fingerprint density at radius 2 is 2.11 bits per heavy atom. The van der Waals surface area contributed by atoms with E-state index in [0.717, 1.165) is 38.6 Å². The van der Waals surface area contributed by atoms with Crippen molar-refractivity contribution < 1.29 is 19.4 Å². The van der Waals surface area contributed by atoms with Gasteiger partial charge in [0.05, 0.1) is 11.7 Å². The van der Waals surface area contributed by atoms with Crippen molar-refractivity contribution in [1.29, 1.82) is 0 Å². The van der Waals surface area contributed by atoms with Crippen LogP contribution in [0.15, 0.2) is 24.3 Å². The van der Waals surface area contributed by atoms with Crippen LogP contribution in [0.1, 0.15) is 48.9 Å². The smallest absolute Gasteiger partial charge is 0.258 e. The minimum absolute atomic E-state index is 0.0163. The third-order valence-electron chi connectivity index (χ3n) is 6.99.